The first-order valence-corrected chi connectivity index (χ1v) is 12.1. The third kappa shape index (κ3) is 4.99. The highest BCUT2D eigenvalue weighted by atomic mass is 32.1. The van der Waals surface area contributed by atoms with Crippen LogP contribution >= 0.6 is 11.3 Å². The Kier molecular flexibility index (Phi) is 6.28. The minimum Gasteiger partial charge on any atom is -0.256 e. The molecule has 5 aromatic rings. The standard InChI is InChI=1S/C28H21F3N4S/c1-18-8-10-24(19(2)13-18)34-27-35(33-16-20-9-11-25-21(14-20)6-4-12-32-25)26(17-36-27)22-5-3-7-23(15-22)28(29,30)31/h3-17H,1-2H3/p+1/b33-16-. The molecular formula is C28H22F3N4S+. The van der Waals surface area contributed by atoms with Gasteiger partial charge in [0.05, 0.1) is 17.3 Å². The number of aryl methyl sites for hydroxylation is 2. The predicted molar refractivity (Wildman–Crippen MR) is 139 cm³/mol. The Morgan fingerprint density at radius 1 is 0.972 bits per heavy atom. The van der Waals surface area contributed by atoms with Gasteiger partial charge in [-0.3, -0.25) is 4.98 Å². The quantitative estimate of drug-likeness (QED) is 0.199. The molecule has 5 rings (SSSR count). The maximum atomic E-state index is 13.4. The average Bonchev–Trinajstić information content (AvgIpc) is 3.26. The molecule has 0 saturated carbocycles. The van der Waals surface area contributed by atoms with Crippen LogP contribution in [0.2, 0.25) is 0 Å². The van der Waals surface area contributed by atoms with E-state index in [-0.39, 0.29) is 0 Å². The van der Waals surface area contributed by atoms with E-state index in [0.717, 1.165) is 45.4 Å². The molecule has 0 aliphatic heterocycles. The smallest absolute Gasteiger partial charge is 0.256 e. The van der Waals surface area contributed by atoms with Crippen LogP contribution in [0, 0.1) is 13.8 Å². The van der Waals surface area contributed by atoms with Gasteiger partial charge >= 0.3 is 11.3 Å². The van der Waals surface area contributed by atoms with E-state index in [9.17, 15) is 13.2 Å². The molecule has 2 aromatic heterocycles. The zero-order chi connectivity index (χ0) is 25.3. The molecule has 0 atom stereocenters. The molecular weight excluding hydrogens is 481 g/mol. The summed E-state index contributed by atoms with van der Waals surface area (Å²) in [6.45, 7) is 4.03. The molecule has 180 valence electrons. The molecule has 4 nitrogen and oxygen atoms in total. The normalized spacial score (nSPS) is 11.9. The zero-order valence-corrected chi connectivity index (χ0v) is 20.4. The van der Waals surface area contributed by atoms with Gasteiger partial charge < -0.3 is 0 Å². The van der Waals surface area contributed by atoms with Gasteiger partial charge in [0.15, 0.2) is 5.69 Å². The number of benzene rings is 3. The number of pyridine rings is 1. The Labute approximate surface area is 210 Å². The molecule has 0 fully saturated rings. The van der Waals surface area contributed by atoms with Crippen molar-refractivity contribution < 1.29 is 17.8 Å². The van der Waals surface area contributed by atoms with Crippen molar-refractivity contribution in [2.24, 2.45) is 5.10 Å². The second-order valence-electron chi connectivity index (χ2n) is 8.46. The van der Waals surface area contributed by atoms with Crippen LogP contribution in [-0.4, -0.2) is 11.2 Å². The lowest BCUT2D eigenvalue weighted by atomic mass is 10.1. The highest BCUT2D eigenvalue weighted by molar-refractivity contribution is 7.13. The van der Waals surface area contributed by atoms with E-state index in [1.807, 2.05) is 61.7 Å². The van der Waals surface area contributed by atoms with Crippen LogP contribution in [0.5, 0.6) is 0 Å². The van der Waals surface area contributed by atoms with Crippen molar-refractivity contribution in [2.75, 3.05) is 5.32 Å². The van der Waals surface area contributed by atoms with Crippen LogP contribution < -0.4 is 9.99 Å². The zero-order valence-electron chi connectivity index (χ0n) is 19.5. The SMILES string of the molecule is Cc1ccc(Nc2scc(-c3cccc(C(F)(F)F)c3)[n+]2/N=C\c2ccc3ncccc3c2)c(C)c1. The summed E-state index contributed by atoms with van der Waals surface area (Å²) >= 11 is 1.38. The predicted octanol–water partition coefficient (Wildman–Crippen LogP) is 7.51. The summed E-state index contributed by atoms with van der Waals surface area (Å²) in [4.78, 5) is 4.34. The monoisotopic (exact) mass is 503 g/mol. The number of alkyl halides is 3. The number of nitrogens with one attached hydrogen (secondary N) is 1. The molecule has 0 spiro atoms. The summed E-state index contributed by atoms with van der Waals surface area (Å²) in [7, 11) is 0. The number of thiazole rings is 1. The summed E-state index contributed by atoms with van der Waals surface area (Å²) in [5.41, 5.74) is 5.10. The Hall–Kier alpha value is -4.04. The van der Waals surface area contributed by atoms with Gasteiger partial charge in [-0.2, -0.15) is 13.2 Å². The van der Waals surface area contributed by atoms with Crippen LogP contribution in [0.15, 0.2) is 89.5 Å². The molecule has 0 amide bonds. The summed E-state index contributed by atoms with van der Waals surface area (Å²) in [5.74, 6) is 0. The third-order valence-corrected chi connectivity index (χ3v) is 6.60. The second-order valence-corrected chi connectivity index (χ2v) is 9.32. The molecule has 0 aliphatic carbocycles. The first kappa shape index (κ1) is 23.7. The number of hydrogen-bond acceptors (Lipinski definition) is 4. The van der Waals surface area contributed by atoms with Gasteiger partial charge in [-0.1, -0.05) is 63.1 Å². The van der Waals surface area contributed by atoms with Gasteiger partial charge in [0.25, 0.3) is 0 Å². The van der Waals surface area contributed by atoms with Crippen LogP contribution in [0.3, 0.4) is 0 Å². The number of rotatable bonds is 5. The molecule has 2 heterocycles. The van der Waals surface area contributed by atoms with Crippen LogP contribution in [0.25, 0.3) is 22.2 Å². The lowest BCUT2D eigenvalue weighted by Crippen LogP contribution is -2.31. The van der Waals surface area contributed by atoms with E-state index < -0.39 is 11.7 Å². The minimum absolute atomic E-state index is 0.426. The number of anilines is 2. The van der Waals surface area contributed by atoms with E-state index in [4.69, 9.17) is 5.10 Å². The Balaban J connectivity index is 1.59. The van der Waals surface area contributed by atoms with Gasteiger partial charge in [0.2, 0.25) is 0 Å². The van der Waals surface area contributed by atoms with Crippen LogP contribution in [-0.2, 0) is 6.18 Å². The molecule has 0 bridgehead atoms. The van der Waals surface area contributed by atoms with Gasteiger partial charge in [0.1, 0.15) is 5.69 Å². The molecule has 3 aromatic carbocycles. The van der Waals surface area contributed by atoms with Crippen molar-refractivity contribution in [1.29, 1.82) is 0 Å². The van der Waals surface area contributed by atoms with Crippen LogP contribution in [0.4, 0.5) is 24.0 Å². The highest BCUT2D eigenvalue weighted by Gasteiger charge is 2.31. The average molecular weight is 504 g/mol. The van der Waals surface area contributed by atoms with Gasteiger partial charge in [-0.25, -0.2) is 5.32 Å². The molecule has 36 heavy (non-hydrogen) atoms. The molecule has 0 radical (unpaired) electrons. The van der Waals surface area contributed by atoms with Gasteiger partial charge in [-0.15, -0.1) is 0 Å². The fraction of sp³-hybridized carbons (Fsp3) is 0.107. The number of halogens is 3. The van der Waals surface area contributed by atoms with Crippen molar-refractivity contribution in [1.82, 2.24) is 4.98 Å². The Bertz CT molecular complexity index is 1590. The van der Waals surface area contributed by atoms with E-state index in [1.165, 1.54) is 17.4 Å². The van der Waals surface area contributed by atoms with Crippen molar-refractivity contribution >= 4 is 39.3 Å². The lowest BCUT2D eigenvalue weighted by molar-refractivity contribution is -0.648. The van der Waals surface area contributed by atoms with E-state index >= 15 is 0 Å². The summed E-state index contributed by atoms with van der Waals surface area (Å²) in [6, 6.07) is 21.0. The minimum atomic E-state index is -4.43. The largest absolute Gasteiger partial charge is 0.416 e. The van der Waals surface area contributed by atoms with Crippen molar-refractivity contribution in [3.05, 3.63) is 107 Å². The molecule has 0 aliphatic rings. The number of fused-ring (bicyclic) bond motifs is 1. The highest BCUT2D eigenvalue weighted by Crippen LogP contribution is 2.33. The first-order chi connectivity index (χ1) is 17.3. The maximum Gasteiger partial charge on any atom is 0.416 e. The molecule has 0 unspecified atom stereocenters. The number of hydrogen-bond donors (Lipinski definition) is 1. The van der Waals surface area contributed by atoms with E-state index in [2.05, 4.69) is 16.4 Å². The van der Waals surface area contributed by atoms with Crippen molar-refractivity contribution in [2.45, 2.75) is 20.0 Å². The fourth-order valence-electron chi connectivity index (χ4n) is 3.93. The summed E-state index contributed by atoms with van der Waals surface area (Å²) in [5, 5.41) is 11.6. The Morgan fingerprint density at radius 2 is 1.83 bits per heavy atom. The first-order valence-electron chi connectivity index (χ1n) is 11.2. The van der Waals surface area contributed by atoms with E-state index in [0.29, 0.717) is 16.4 Å². The van der Waals surface area contributed by atoms with Crippen molar-refractivity contribution in [3.63, 3.8) is 0 Å². The lowest BCUT2D eigenvalue weighted by Gasteiger charge is -2.08. The van der Waals surface area contributed by atoms with Crippen LogP contribution in [0.1, 0.15) is 22.3 Å². The topological polar surface area (TPSA) is 41.2 Å². The fourth-order valence-corrected chi connectivity index (χ4v) is 4.80. The number of aromatic nitrogens is 2. The summed E-state index contributed by atoms with van der Waals surface area (Å²) in [6.07, 6.45) is -0.994. The maximum absolute atomic E-state index is 13.4. The molecule has 0 saturated heterocycles. The molecule has 1 N–H and O–H groups in total. The summed E-state index contributed by atoms with van der Waals surface area (Å²) < 4.78 is 41.8. The van der Waals surface area contributed by atoms with Crippen molar-refractivity contribution in [3.8, 4) is 11.3 Å². The van der Waals surface area contributed by atoms with Gasteiger partial charge in [-0.05, 0) is 61.4 Å². The molecule has 8 heteroatoms. The second kappa shape index (κ2) is 9.54. The Morgan fingerprint density at radius 3 is 2.64 bits per heavy atom. The van der Waals surface area contributed by atoms with Gasteiger partial charge in [0, 0.05) is 22.5 Å². The van der Waals surface area contributed by atoms with E-state index in [1.54, 1.807) is 23.2 Å². The number of nitrogens with zero attached hydrogens (tertiary/aromatic N) is 3. The third-order valence-electron chi connectivity index (χ3n) is 5.76.